The van der Waals surface area contributed by atoms with Gasteiger partial charge in [-0.25, -0.2) is 4.98 Å². The Labute approximate surface area is 109 Å². The molecule has 0 saturated carbocycles. The molecule has 3 N–H and O–H groups in total. The van der Waals surface area contributed by atoms with Crippen molar-refractivity contribution in [2.75, 3.05) is 0 Å². The molecule has 5 nitrogen and oxygen atoms in total. The first kappa shape index (κ1) is 12.8. The highest BCUT2D eigenvalue weighted by Gasteiger charge is 2.16. The van der Waals surface area contributed by atoms with Crippen molar-refractivity contribution >= 4 is 17.2 Å². The lowest BCUT2D eigenvalue weighted by atomic mass is 10.2. The van der Waals surface area contributed by atoms with E-state index in [0.29, 0.717) is 11.5 Å². The van der Waals surface area contributed by atoms with Gasteiger partial charge in [-0.3, -0.25) is 4.79 Å². The van der Waals surface area contributed by atoms with Crippen molar-refractivity contribution in [1.29, 1.82) is 0 Å². The van der Waals surface area contributed by atoms with Gasteiger partial charge in [0, 0.05) is 5.38 Å². The molecule has 1 unspecified atom stereocenters. The lowest BCUT2D eigenvalue weighted by molar-refractivity contribution is 0.0931. The Kier molecular flexibility index (Phi) is 3.78. The zero-order chi connectivity index (χ0) is 13.1. The van der Waals surface area contributed by atoms with Crippen molar-refractivity contribution in [3.63, 3.8) is 0 Å². The van der Waals surface area contributed by atoms with E-state index in [4.69, 9.17) is 10.2 Å². The molecule has 0 aliphatic carbocycles. The molecule has 0 saturated heterocycles. The van der Waals surface area contributed by atoms with Crippen molar-refractivity contribution in [2.45, 2.75) is 25.9 Å². The predicted octanol–water partition coefficient (Wildman–Crippen LogP) is 2.25. The highest BCUT2D eigenvalue weighted by Crippen LogP contribution is 2.17. The van der Waals surface area contributed by atoms with Gasteiger partial charge in [0.05, 0.1) is 18.3 Å². The molecule has 6 heteroatoms. The zero-order valence-corrected chi connectivity index (χ0v) is 11.0. The third-order valence-corrected chi connectivity index (χ3v) is 3.51. The minimum Gasteiger partial charge on any atom is -0.467 e. The first-order chi connectivity index (χ1) is 8.58. The van der Waals surface area contributed by atoms with Gasteiger partial charge in [-0.05, 0) is 26.0 Å². The number of thiazole rings is 1. The van der Waals surface area contributed by atoms with Gasteiger partial charge in [0.2, 0.25) is 0 Å². The molecule has 96 valence electrons. The number of nitrogens with two attached hydrogens (primary N) is 1. The maximum Gasteiger partial charge on any atom is 0.271 e. The van der Waals surface area contributed by atoms with Crippen LogP contribution in [0.25, 0.3) is 0 Å². The normalized spacial score (nSPS) is 14.2. The Morgan fingerprint density at radius 2 is 2.33 bits per heavy atom. The Bertz CT molecular complexity index is 519. The first-order valence-corrected chi connectivity index (χ1v) is 6.51. The largest absolute Gasteiger partial charge is 0.467 e. The summed E-state index contributed by atoms with van der Waals surface area (Å²) in [6, 6.07) is 3.26. The molecule has 0 aliphatic heterocycles. The van der Waals surface area contributed by atoms with Gasteiger partial charge >= 0.3 is 0 Å². The summed E-state index contributed by atoms with van der Waals surface area (Å²) in [5.41, 5.74) is 6.10. The highest BCUT2D eigenvalue weighted by atomic mass is 32.1. The van der Waals surface area contributed by atoms with E-state index in [1.165, 1.54) is 11.3 Å². The fourth-order valence-electron chi connectivity index (χ4n) is 1.48. The second-order valence-electron chi connectivity index (χ2n) is 4.07. The quantitative estimate of drug-likeness (QED) is 0.888. The Morgan fingerprint density at radius 3 is 2.89 bits per heavy atom. The number of hydrogen-bond donors (Lipinski definition) is 2. The minimum absolute atomic E-state index is 0.154. The monoisotopic (exact) mass is 265 g/mol. The maximum atomic E-state index is 11.9. The Morgan fingerprint density at radius 1 is 1.56 bits per heavy atom. The molecule has 0 spiro atoms. The van der Waals surface area contributed by atoms with Gasteiger partial charge in [-0.2, -0.15) is 0 Å². The third-order valence-electron chi connectivity index (χ3n) is 2.46. The van der Waals surface area contributed by atoms with Crippen LogP contribution in [0.3, 0.4) is 0 Å². The number of nitrogens with zero attached hydrogens (tertiary/aromatic N) is 1. The van der Waals surface area contributed by atoms with Gasteiger partial charge in [0.25, 0.3) is 5.91 Å². The van der Waals surface area contributed by atoms with Crippen molar-refractivity contribution in [3.8, 4) is 0 Å². The fourth-order valence-corrected chi connectivity index (χ4v) is 2.24. The number of rotatable bonds is 4. The number of hydrogen-bond acceptors (Lipinski definition) is 5. The van der Waals surface area contributed by atoms with E-state index in [1.54, 1.807) is 17.7 Å². The number of aromatic nitrogens is 1. The highest BCUT2D eigenvalue weighted by molar-refractivity contribution is 7.09. The smallest absolute Gasteiger partial charge is 0.271 e. The molecule has 0 aromatic carbocycles. The Balaban J connectivity index is 2.03. The van der Waals surface area contributed by atoms with Gasteiger partial charge in [0.1, 0.15) is 16.5 Å². The van der Waals surface area contributed by atoms with Crippen LogP contribution in [0, 0.1) is 0 Å². The molecule has 2 rings (SSSR count). The zero-order valence-electron chi connectivity index (χ0n) is 10.2. The SMILES string of the molecule is CC(N)c1nc(C(=O)N[C@H](C)c2ccco2)cs1. The third kappa shape index (κ3) is 2.77. The van der Waals surface area contributed by atoms with Crippen molar-refractivity contribution in [2.24, 2.45) is 5.73 Å². The van der Waals surface area contributed by atoms with E-state index in [1.807, 2.05) is 19.9 Å². The summed E-state index contributed by atoms with van der Waals surface area (Å²) >= 11 is 1.39. The van der Waals surface area contributed by atoms with Crippen molar-refractivity contribution in [3.05, 3.63) is 40.2 Å². The lowest BCUT2D eigenvalue weighted by Gasteiger charge is -2.09. The fraction of sp³-hybridized carbons (Fsp3) is 0.333. The van der Waals surface area contributed by atoms with Crippen LogP contribution in [0.2, 0.25) is 0 Å². The molecule has 0 aliphatic rings. The average molecular weight is 265 g/mol. The summed E-state index contributed by atoms with van der Waals surface area (Å²) in [5.74, 6) is 0.494. The average Bonchev–Trinajstić information content (AvgIpc) is 3.00. The first-order valence-electron chi connectivity index (χ1n) is 5.63. The predicted molar refractivity (Wildman–Crippen MR) is 69.3 cm³/mol. The molecule has 2 atom stereocenters. The van der Waals surface area contributed by atoms with Gasteiger partial charge in [-0.15, -0.1) is 11.3 Å². The van der Waals surface area contributed by atoms with Crippen molar-refractivity contribution < 1.29 is 9.21 Å². The number of nitrogens with one attached hydrogen (secondary N) is 1. The van der Waals surface area contributed by atoms with E-state index >= 15 is 0 Å². The van der Waals surface area contributed by atoms with Crippen LogP contribution in [0.5, 0.6) is 0 Å². The topological polar surface area (TPSA) is 81.1 Å². The summed E-state index contributed by atoms with van der Waals surface area (Å²) in [6.07, 6.45) is 1.58. The second kappa shape index (κ2) is 5.32. The van der Waals surface area contributed by atoms with E-state index in [9.17, 15) is 4.79 Å². The molecule has 18 heavy (non-hydrogen) atoms. The van der Waals surface area contributed by atoms with Crippen LogP contribution < -0.4 is 11.1 Å². The van der Waals surface area contributed by atoms with Crippen molar-refractivity contribution in [1.82, 2.24) is 10.3 Å². The lowest BCUT2D eigenvalue weighted by Crippen LogP contribution is -2.26. The molecule has 0 bridgehead atoms. The van der Waals surface area contributed by atoms with Gasteiger partial charge in [0.15, 0.2) is 0 Å². The summed E-state index contributed by atoms with van der Waals surface area (Å²) in [4.78, 5) is 16.1. The van der Waals surface area contributed by atoms with Gasteiger partial charge < -0.3 is 15.5 Å². The van der Waals surface area contributed by atoms with Crippen LogP contribution in [0.4, 0.5) is 0 Å². The summed E-state index contributed by atoms with van der Waals surface area (Å²) in [5, 5.41) is 5.29. The molecule has 2 aromatic heterocycles. The van der Waals surface area contributed by atoms with Gasteiger partial charge in [-0.1, -0.05) is 0 Å². The molecule has 1 amide bonds. The standard InChI is InChI=1S/C12H15N3O2S/c1-7(13)12-15-9(6-18-12)11(16)14-8(2)10-4-3-5-17-10/h3-8H,13H2,1-2H3,(H,14,16)/t7?,8-/m1/s1. The minimum atomic E-state index is -0.220. The molecule has 2 aromatic rings. The molecular weight excluding hydrogens is 250 g/mol. The van der Waals surface area contributed by atoms with E-state index in [2.05, 4.69) is 10.3 Å². The van der Waals surface area contributed by atoms with E-state index in [-0.39, 0.29) is 18.0 Å². The number of carbonyl (C=O) groups excluding carboxylic acids is 1. The molecular formula is C12H15N3O2S. The molecule has 0 fully saturated rings. The summed E-state index contributed by atoms with van der Waals surface area (Å²) in [7, 11) is 0. The van der Waals surface area contributed by atoms with Crippen LogP contribution in [0.1, 0.15) is 47.2 Å². The summed E-state index contributed by atoms with van der Waals surface area (Å²) in [6.45, 7) is 3.70. The number of amides is 1. The molecule has 2 heterocycles. The van der Waals surface area contributed by atoms with E-state index < -0.39 is 0 Å². The van der Waals surface area contributed by atoms with Crippen LogP contribution in [-0.2, 0) is 0 Å². The second-order valence-corrected chi connectivity index (χ2v) is 4.96. The molecule has 0 radical (unpaired) electrons. The number of furan rings is 1. The number of carbonyl (C=O) groups is 1. The summed E-state index contributed by atoms with van der Waals surface area (Å²) < 4.78 is 5.22. The van der Waals surface area contributed by atoms with Crippen LogP contribution in [0.15, 0.2) is 28.2 Å². The van der Waals surface area contributed by atoms with Crippen LogP contribution in [-0.4, -0.2) is 10.9 Å². The van der Waals surface area contributed by atoms with E-state index in [0.717, 1.165) is 5.01 Å². The Hall–Kier alpha value is -1.66. The van der Waals surface area contributed by atoms with Crippen LogP contribution >= 0.6 is 11.3 Å². The maximum absolute atomic E-state index is 11.9.